The van der Waals surface area contributed by atoms with Crippen LogP contribution < -0.4 is 15.8 Å². The lowest BCUT2D eigenvalue weighted by Gasteiger charge is -2.38. The van der Waals surface area contributed by atoms with E-state index in [1.807, 2.05) is 4.90 Å². The van der Waals surface area contributed by atoms with Crippen molar-refractivity contribution in [2.75, 3.05) is 44.7 Å². The fraction of sp³-hybridized carbons (Fsp3) is 0.476. The number of hydrogen-bond acceptors (Lipinski definition) is 6. The average Bonchev–Trinajstić information content (AvgIpc) is 2.78. The van der Waals surface area contributed by atoms with E-state index < -0.39 is 29.4 Å². The number of carbonyl (C=O) groups excluding carboxylic acids is 1. The van der Waals surface area contributed by atoms with Gasteiger partial charge in [-0.3, -0.25) is 14.5 Å². The summed E-state index contributed by atoms with van der Waals surface area (Å²) in [5.74, 6) is -1.13. The van der Waals surface area contributed by atoms with E-state index in [2.05, 4.69) is 20.2 Å². The van der Waals surface area contributed by atoms with Crippen LogP contribution in [0.5, 0.6) is 0 Å². The molecule has 8 nitrogen and oxygen atoms in total. The number of piperazine rings is 1. The van der Waals surface area contributed by atoms with Crippen LogP contribution in [0.3, 0.4) is 0 Å². The lowest BCUT2D eigenvalue weighted by atomic mass is 10.0. The van der Waals surface area contributed by atoms with Crippen LogP contribution in [0.2, 0.25) is 0 Å². The van der Waals surface area contributed by atoms with E-state index in [1.54, 1.807) is 6.07 Å². The van der Waals surface area contributed by atoms with Crippen molar-refractivity contribution in [3.05, 3.63) is 57.0 Å². The molecule has 1 saturated heterocycles. The van der Waals surface area contributed by atoms with Crippen molar-refractivity contribution in [1.82, 2.24) is 20.2 Å². The quantitative estimate of drug-likeness (QED) is 0.670. The summed E-state index contributed by atoms with van der Waals surface area (Å²) in [6, 6.07) is 4.29. The monoisotopic (exact) mass is 451 g/mol. The van der Waals surface area contributed by atoms with Crippen molar-refractivity contribution < 1.29 is 22.7 Å². The minimum atomic E-state index is -2.82. The topological polar surface area (TPSA) is 90.6 Å². The van der Waals surface area contributed by atoms with E-state index in [1.165, 1.54) is 19.2 Å². The lowest BCUT2D eigenvalue weighted by molar-refractivity contribution is 0.00252. The molecule has 1 atom stereocenters. The number of nitrogens with zero attached hydrogens (tertiary/aromatic N) is 3. The van der Waals surface area contributed by atoms with Crippen molar-refractivity contribution in [2.45, 2.75) is 25.6 Å². The molecule has 1 amide bonds. The number of fused-ring (bicyclic) bond motifs is 1. The molecular formula is C21H24F3N5O3. The smallest absolute Gasteiger partial charge is 0.269 e. The van der Waals surface area contributed by atoms with E-state index >= 15 is 0 Å². The second-order valence-electron chi connectivity index (χ2n) is 7.87. The number of nitrogens with one attached hydrogen (secondary N) is 2. The maximum Gasteiger partial charge on any atom is 0.269 e. The summed E-state index contributed by atoms with van der Waals surface area (Å²) < 4.78 is 46.1. The predicted molar refractivity (Wildman–Crippen MR) is 111 cm³/mol. The number of aromatic nitrogens is 2. The van der Waals surface area contributed by atoms with Gasteiger partial charge < -0.3 is 19.9 Å². The number of carbonyl (C=O) groups is 1. The molecule has 4 rings (SSSR count). The number of ether oxygens (including phenoxy) is 1. The van der Waals surface area contributed by atoms with Crippen LogP contribution in [0.15, 0.2) is 23.0 Å². The fourth-order valence-corrected chi connectivity index (χ4v) is 4.09. The Morgan fingerprint density at radius 3 is 2.72 bits per heavy atom. The summed E-state index contributed by atoms with van der Waals surface area (Å²) in [6.07, 6.45) is -2.56. The highest BCUT2D eigenvalue weighted by Crippen LogP contribution is 2.24. The molecule has 2 aliphatic heterocycles. The van der Waals surface area contributed by atoms with Gasteiger partial charge in [-0.1, -0.05) is 0 Å². The highest BCUT2D eigenvalue weighted by molar-refractivity contribution is 5.92. The standard InChI is InChI=1S/C21H24F3N5O3/c1-25-21(31)15-2-3-17(19(24)26-15)29-6-4-28(5-7-29)10-13-9-16-12(11-32-13)8-14(18(22)23)20(30)27-16/h2-3,8,13,18H,4-7,9-11H2,1H3,(H,25,31)(H,27,30). The first-order valence-electron chi connectivity index (χ1n) is 10.4. The Morgan fingerprint density at radius 1 is 1.31 bits per heavy atom. The van der Waals surface area contributed by atoms with Crippen molar-refractivity contribution in [3.63, 3.8) is 0 Å². The Kier molecular flexibility index (Phi) is 6.47. The van der Waals surface area contributed by atoms with Crippen molar-refractivity contribution in [3.8, 4) is 0 Å². The van der Waals surface area contributed by atoms with Crippen LogP contribution >= 0.6 is 0 Å². The summed E-state index contributed by atoms with van der Waals surface area (Å²) in [6.45, 7) is 3.29. The molecule has 2 aromatic rings. The van der Waals surface area contributed by atoms with E-state index in [9.17, 15) is 22.8 Å². The number of halogens is 3. The number of rotatable bonds is 5. The highest BCUT2D eigenvalue weighted by atomic mass is 19.3. The van der Waals surface area contributed by atoms with Gasteiger partial charge in [-0.25, -0.2) is 13.8 Å². The second-order valence-corrected chi connectivity index (χ2v) is 7.87. The fourth-order valence-electron chi connectivity index (χ4n) is 4.09. The van der Waals surface area contributed by atoms with Gasteiger partial charge in [-0.15, -0.1) is 0 Å². The molecule has 0 aliphatic carbocycles. The molecule has 2 aromatic heterocycles. The second kappa shape index (κ2) is 9.29. The minimum Gasteiger partial charge on any atom is -0.372 e. The first-order valence-corrected chi connectivity index (χ1v) is 10.4. The highest BCUT2D eigenvalue weighted by Gasteiger charge is 2.27. The predicted octanol–water partition coefficient (Wildman–Crippen LogP) is 1.47. The first kappa shape index (κ1) is 22.3. The van der Waals surface area contributed by atoms with Gasteiger partial charge in [0.05, 0.1) is 24.0 Å². The van der Waals surface area contributed by atoms with Gasteiger partial charge in [0.1, 0.15) is 5.69 Å². The number of aromatic amines is 1. The Morgan fingerprint density at radius 2 is 2.06 bits per heavy atom. The van der Waals surface area contributed by atoms with Crippen molar-refractivity contribution in [2.24, 2.45) is 0 Å². The van der Waals surface area contributed by atoms with Crippen LogP contribution in [-0.2, 0) is 17.8 Å². The maximum atomic E-state index is 14.4. The third-order valence-electron chi connectivity index (χ3n) is 5.85. The Balaban J connectivity index is 1.34. The van der Waals surface area contributed by atoms with E-state index in [4.69, 9.17) is 4.74 Å². The van der Waals surface area contributed by atoms with Crippen LogP contribution in [0.25, 0.3) is 0 Å². The molecule has 11 heteroatoms. The summed E-state index contributed by atoms with van der Waals surface area (Å²) in [5, 5.41) is 2.42. The first-order chi connectivity index (χ1) is 15.4. The number of anilines is 1. The molecule has 1 fully saturated rings. The minimum absolute atomic E-state index is 0.0285. The molecular weight excluding hydrogens is 427 g/mol. The van der Waals surface area contributed by atoms with Gasteiger partial charge in [0.15, 0.2) is 0 Å². The molecule has 0 spiro atoms. The van der Waals surface area contributed by atoms with Crippen LogP contribution in [0.1, 0.15) is 33.7 Å². The molecule has 0 bridgehead atoms. The molecule has 1 unspecified atom stereocenters. The number of hydrogen-bond donors (Lipinski definition) is 2. The Labute approximate surface area is 182 Å². The zero-order valence-electron chi connectivity index (χ0n) is 17.5. The van der Waals surface area contributed by atoms with Crippen LogP contribution in [0, 0.1) is 5.95 Å². The Bertz CT molecular complexity index is 1050. The van der Waals surface area contributed by atoms with Gasteiger partial charge in [0.25, 0.3) is 17.9 Å². The summed E-state index contributed by atoms with van der Waals surface area (Å²) in [7, 11) is 1.46. The number of H-pyrrole nitrogens is 1. The van der Waals surface area contributed by atoms with Gasteiger partial charge in [-0.05, 0) is 23.8 Å². The third-order valence-corrected chi connectivity index (χ3v) is 5.85. The van der Waals surface area contributed by atoms with E-state index in [0.717, 1.165) is 0 Å². The van der Waals surface area contributed by atoms with Crippen LogP contribution in [0.4, 0.5) is 18.9 Å². The maximum absolute atomic E-state index is 14.4. The van der Waals surface area contributed by atoms with Crippen LogP contribution in [-0.4, -0.2) is 66.7 Å². The van der Waals surface area contributed by atoms with Gasteiger partial charge in [0.2, 0.25) is 5.95 Å². The molecule has 2 aliphatic rings. The van der Waals surface area contributed by atoms with E-state index in [-0.39, 0.29) is 18.4 Å². The summed E-state index contributed by atoms with van der Waals surface area (Å²) >= 11 is 0. The normalized spacial score (nSPS) is 19.2. The zero-order valence-corrected chi connectivity index (χ0v) is 17.5. The van der Waals surface area contributed by atoms with Gasteiger partial charge in [-0.2, -0.15) is 4.39 Å². The number of pyridine rings is 2. The van der Waals surface area contributed by atoms with E-state index in [0.29, 0.717) is 56.1 Å². The number of amides is 1. The summed E-state index contributed by atoms with van der Waals surface area (Å²) in [5.41, 5.74) is 0.314. The van der Waals surface area contributed by atoms with Crippen molar-refractivity contribution in [1.29, 1.82) is 0 Å². The summed E-state index contributed by atoms with van der Waals surface area (Å²) in [4.78, 5) is 33.8. The lowest BCUT2D eigenvalue weighted by Crippen LogP contribution is -2.50. The Hall–Kier alpha value is -2.92. The zero-order chi connectivity index (χ0) is 22.8. The van der Waals surface area contributed by atoms with Crippen molar-refractivity contribution >= 4 is 11.6 Å². The largest absolute Gasteiger partial charge is 0.372 e. The van der Waals surface area contributed by atoms with Gasteiger partial charge >= 0.3 is 0 Å². The molecule has 2 N–H and O–H groups in total. The molecule has 0 aromatic carbocycles. The average molecular weight is 451 g/mol. The molecule has 0 saturated carbocycles. The molecule has 172 valence electrons. The molecule has 0 radical (unpaired) electrons. The molecule has 4 heterocycles. The third kappa shape index (κ3) is 4.63. The number of alkyl halides is 2. The van der Waals surface area contributed by atoms with Gasteiger partial charge in [0, 0.05) is 51.9 Å². The SMILES string of the molecule is CNC(=O)c1ccc(N2CCN(CC3Cc4[nH]c(=O)c(C(F)F)cc4CO3)CC2)c(F)n1. The molecule has 32 heavy (non-hydrogen) atoms.